The van der Waals surface area contributed by atoms with E-state index in [-0.39, 0.29) is 18.4 Å². The molecule has 0 amide bonds. The van der Waals surface area contributed by atoms with Crippen molar-refractivity contribution in [3.63, 3.8) is 0 Å². The number of hydrogen-bond acceptors (Lipinski definition) is 3. The van der Waals surface area contributed by atoms with Crippen LogP contribution >= 0.6 is 12.4 Å². The van der Waals surface area contributed by atoms with Gasteiger partial charge in [0.15, 0.2) is 0 Å². The van der Waals surface area contributed by atoms with Gasteiger partial charge in [0.05, 0.1) is 0 Å². The molecule has 0 spiro atoms. The number of hydrogen-bond donors (Lipinski definition) is 0. The minimum absolute atomic E-state index is 0. The van der Waals surface area contributed by atoms with E-state index in [1.807, 2.05) is 66.7 Å². The van der Waals surface area contributed by atoms with Gasteiger partial charge in [-0.2, -0.15) is 0 Å². The van der Waals surface area contributed by atoms with E-state index in [2.05, 4.69) is 43.3 Å². The lowest BCUT2D eigenvalue weighted by Crippen LogP contribution is -2.50. The van der Waals surface area contributed by atoms with E-state index in [4.69, 9.17) is 4.74 Å². The molecule has 1 aliphatic carbocycles. The molecule has 0 bridgehead atoms. The molecule has 3 nitrogen and oxygen atoms in total. The molecule has 34 heavy (non-hydrogen) atoms. The molecule has 0 aliphatic heterocycles. The second kappa shape index (κ2) is 12.2. The standard InChI is InChI=1S/C30H35NO2.ClH/c1-31(2)23-27-20-12-13-21-30(27,22-24-14-6-3-7-15-24)33-29(32)28(25-16-8-4-9-17-25)26-18-10-5-11-19-26;/h3-11,14-19,27-28H,12-13,20-23H2,1-2H3;1H. The van der Waals surface area contributed by atoms with Crippen molar-refractivity contribution in [1.82, 2.24) is 4.90 Å². The average Bonchev–Trinajstić information content (AvgIpc) is 2.82. The molecule has 4 rings (SSSR count). The first-order chi connectivity index (χ1) is 16.1. The van der Waals surface area contributed by atoms with Crippen molar-refractivity contribution < 1.29 is 9.53 Å². The van der Waals surface area contributed by atoms with Crippen molar-refractivity contribution in [1.29, 1.82) is 0 Å². The van der Waals surface area contributed by atoms with Gasteiger partial charge in [-0.15, -0.1) is 12.4 Å². The zero-order valence-corrected chi connectivity index (χ0v) is 21.0. The number of benzene rings is 3. The van der Waals surface area contributed by atoms with Gasteiger partial charge in [-0.05, 0) is 50.0 Å². The molecule has 180 valence electrons. The maximum absolute atomic E-state index is 14.0. The Morgan fingerprint density at radius 2 is 1.41 bits per heavy atom. The van der Waals surface area contributed by atoms with Crippen molar-refractivity contribution in [3.05, 3.63) is 108 Å². The summed E-state index contributed by atoms with van der Waals surface area (Å²) in [5.74, 6) is -0.270. The Labute approximate surface area is 210 Å². The molecule has 4 heteroatoms. The van der Waals surface area contributed by atoms with E-state index >= 15 is 0 Å². The largest absolute Gasteiger partial charge is 0.458 e. The second-order valence-corrected chi connectivity index (χ2v) is 9.61. The van der Waals surface area contributed by atoms with Gasteiger partial charge in [0.1, 0.15) is 11.5 Å². The Kier molecular flexibility index (Phi) is 9.32. The molecule has 1 fully saturated rings. The van der Waals surface area contributed by atoms with Crippen molar-refractivity contribution in [2.45, 2.75) is 43.6 Å². The third-order valence-corrected chi connectivity index (χ3v) is 6.88. The Morgan fingerprint density at radius 3 is 1.94 bits per heavy atom. The van der Waals surface area contributed by atoms with Crippen LogP contribution < -0.4 is 0 Å². The van der Waals surface area contributed by atoms with Crippen molar-refractivity contribution >= 4 is 18.4 Å². The van der Waals surface area contributed by atoms with Crippen LogP contribution in [0.3, 0.4) is 0 Å². The highest BCUT2D eigenvalue weighted by Crippen LogP contribution is 2.42. The first-order valence-corrected chi connectivity index (χ1v) is 12.1. The summed E-state index contributed by atoms with van der Waals surface area (Å²) >= 11 is 0. The summed E-state index contributed by atoms with van der Waals surface area (Å²) in [4.78, 5) is 16.2. The Morgan fingerprint density at radius 1 is 0.882 bits per heavy atom. The second-order valence-electron chi connectivity index (χ2n) is 9.61. The fourth-order valence-corrected chi connectivity index (χ4v) is 5.34. The minimum atomic E-state index is -0.497. The van der Waals surface area contributed by atoms with Crippen LogP contribution in [0.2, 0.25) is 0 Å². The molecule has 1 aliphatic rings. The Bertz CT molecular complexity index is 970. The van der Waals surface area contributed by atoms with E-state index in [1.54, 1.807) is 0 Å². The summed E-state index contributed by atoms with van der Waals surface area (Å²) < 4.78 is 6.70. The zero-order chi connectivity index (χ0) is 23.1. The van der Waals surface area contributed by atoms with Gasteiger partial charge in [-0.25, -0.2) is 0 Å². The predicted molar refractivity (Wildman–Crippen MR) is 141 cm³/mol. The van der Waals surface area contributed by atoms with Crippen LogP contribution in [0.25, 0.3) is 0 Å². The first kappa shape index (κ1) is 26.0. The van der Waals surface area contributed by atoms with Crippen LogP contribution in [0.5, 0.6) is 0 Å². The van der Waals surface area contributed by atoms with E-state index in [0.29, 0.717) is 5.92 Å². The van der Waals surface area contributed by atoms with Crippen molar-refractivity contribution in [2.24, 2.45) is 5.92 Å². The van der Waals surface area contributed by atoms with Gasteiger partial charge in [0.25, 0.3) is 0 Å². The third kappa shape index (κ3) is 6.28. The lowest BCUT2D eigenvalue weighted by Gasteiger charge is -2.45. The number of carbonyl (C=O) groups is 1. The normalized spacial score (nSPS) is 20.1. The van der Waals surface area contributed by atoms with E-state index < -0.39 is 11.5 Å². The van der Waals surface area contributed by atoms with Crippen LogP contribution in [0.1, 0.15) is 48.3 Å². The number of nitrogens with zero attached hydrogens (tertiary/aromatic N) is 1. The molecule has 1 saturated carbocycles. The zero-order valence-electron chi connectivity index (χ0n) is 20.2. The number of esters is 1. The summed E-state index contributed by atoms with van der Waals surface area (Å²) in [6.45, 7) is 0.918. The van der Waals surface area contributed by atoms with Crippen LogP contribution in [-0.4, -0.2) is 37.1 Å². The summed E-state index contributed by atoms with van der Waals surface area (Å²) in [5.41, 5.74) is 2.68. The number of rotatable bonds is 8. The molecule has 0 heterocycles. The molecule has 0 saturated heterocycles. The third-order valence-electron chi connectivity index (χ3n) is 6.88. The maximum Gasteiger partial charge on any atom is 0.318 e. The maximum atomic E-state index is 14.0. The molecule has 2 unspecified atom stereocenters. The van der Waals surface area contributed by atoms with Crippen LogP contribution in [0.4, 0.5) is 0 Å². The quantitative estimate of drug-likeness (QED) is 0.346. The lowest BCUT2D eigenvalue weighted by atomic mass is 9.71. The van der Waals surface area contributed by atoms with Gasteiger partial charge in [-0.1, -0.05) is 97.4 Å². The molecule has 2 atom stereocenters. The Hall–Kier alpha value is -2.62. The van der Waals surface area contributed by atoms with Crippen LogP contribution in [0, 0.1) is 5.92 Å². The monoisotopic (exact) mass is 477 g/mol. The van der Waals surface area contributed by atoms with E-state index in [1.165, 1.54) is 12.0 Å². The molecule has 0 radical (unpaired) electrons. The lowest BCUT2D eigenvalue weighted by molar-refractivity contribution is -0.172. The topological polar surface area (TPSA) is 29.5 Å². The summed E-state index contributed by atoms with van der Waals surface area (Å²) in [6.07, 6.45) is 5.02. The van der Waals surface area contributed by atoms with Crippen LogP contribution in [-0.2, 0) is 16.0 Å². The number of ether oxygens (including phenoxy) is 1. The SMILES string of the molecule is CN(C)CC1CCCCC1(Cc1ccccc1)OC(=O)C(c1ccccc1)c1ccccc1.Cl. The minimum Gasteiger partial charge on any atom is -0.458 e. The highest BCUT2D eigenvalue weighted by atomic mass is 35.5. The molecular formula is C30H36ClNO2. The fourth-order valence-electron chi connectivity index (χ4n) is 5.34. The van der Waals surface area contributed by atoms with Crippen LogP contribution in [0.15, 0.2) is 91.0 Å². The van der Waals surface area contributed by atoms with Crippen molar-refractivity contribution in [3.8, 4) is 0 Å². The van der Waals surface area contributed by atoms with E-state index in [9.17, 15) is 4.79 Å². The summed E-state index contributed by atoms with van der Waals surface area (Å²) in [6, 6.07) is 30.6. The first-order valence-electron chi connectivity index (χ1n) is 12.1. The van der Waals surface area contributed by atoms with E-state index in [0.717, 1.165) is 43.4 Å². The van der Waals surface area contributed by atoms with Crippen molar-refractivity contribution in [2.75, 3.05) is 20.6 Å². The highest BCUT2D eigenvalue weighted by molar-refractivity contribution is 5.85. The summed E-state index contributed by atoms with van der Waals surface area (Å²) in [7, 11) is 4.22. The Balaban J connectivity index is 0.00000324. The molecule has 0 N–H and O–H groups in total. The van der Waals surface area contributed by atoms with Gasteiger partial charge < -0.3 is 9.64 Å². The van der Waals surface area contributed by atoms with Gasteiger partial charge in [0, 0.05) is 18.9 Å². The highest BCUT2D eigenvalue weighted by Gasteiger charge is 2.45. The molecule has 3 aromatic carbocycles. The molecule has 3 aromatic rings. The summed E-state index contributed by atoms with van der Waals surface area (Å²) in [5, 5.41) is 0. The number of halogens is 1. The predicted octanol–water partition coefficient (Wildman–Crippen LogP) is 6.52. The van der Waals surface area contributed by atoms with Gasteiger partial charge in [0.2, 0.25) is 0 Å². The fraction of sp³-hybridized carbons (Fsp3) is 0.367. The molecule has 0 aromatic heterocycles. The smallest absolute Gasteiger partial charge is 0.318 e. The number of carbonyl (C=O) groups excluding carboxylic acids is 1. The molecular weight excluding hydrogens is 442 g/mol. The average molecular weight is 478 g/mol. The van der Waals surface area contributed by atoms with Gasteiger partial charge >= 0.3 is 5.97 Å². The van der Waals surface area contributed by atoms with Gasteiger partial charge in [-0.3, -0.25) is 4.79 Å².